The van der Waals surface area contributed by atoms with E-state index in [1.165, 1.54) is 0 Å². The second-order valence-electron chi connectivity index (χ2n) is 5.87. The molecule has 5 heteroatoms. The first-order valence-corrected chi connectivity index (χ1v) is 8.03. The minimum atomic E-state index is 0.669. The zero-order valence-corrected chi connectivity index (χ0v) is 13.6. The van der Waals surface area contributed by atoms with Crippen LogP contribution < -0.4 is 5.73 Å². The van der Waals surface area contributed by atoms with E-state index in [0.717, 1.165) is 33.6 Å². The number of anilines is 1. The van der Waals surface area contributed by atoms with Crippen molar-refractivity contribution in [2.24, 2.45) is 0 Å². The Balaban J connectivity index is 1.51. The molecule has 0 aliphatic carbocycles. The summed E-state index contributed by atoms with van der Waals surface area (Å²) in [5.74, 6) is 0. The third-order valence-corrected chi connectivity index (χ3v) is 4.01. The van der Waals surface area contributed by atoms with Crippen LogP contribution in [0.2, 0.25) is 0 Å². The van der Waals surface area contributed by atoms with Gasteiger partial charge in [0, 0.05) is 23.6 Å². The van der Waals surface area contributed by atoms with Crippen LogP contribution >= 0.6 is 0 Å². The molecule has 0 fully saturated rings. The number of hydrogen-bond donors (Lipinski definition) is 1. The molecule has 2 aromatic carbocycles. The van der Waals surface area contributed by atoms with E-state index < -0.39 is 0 Å². The Morgan fingerprint density at radius 1 is 0.880 bits per heavy atom. The average Bonchev–Trinajstić information content (AvgIpc) is 3.12. The molecule has 4 rings (SSSR count). The number of nitrogen functional groups attached to an aromatic ring is 1. The number of nitrogens with two attached hydrogens (primary N) is 1. The molecule has 4 aromatic rings. The van der Waals surface area contributed by atoms with Gasteiger partial charge in [-0.15, -0.1) is 5.10 Å². The first-order valence-electron chi connectivity index (χ1n) is 8.03. The van der Waals surface area contributed by atoms with E-state index >= 15 is 0 Å². The fourth-order valence-corrected chi connectivity index (χ4v) is 2.73. The molecule has 0 saturated carbocycles. The molecule has 0 aliphatic heterocycles. The van der Waals surface area contributed by atoms with E-state index in [0.29, 0.717) is 6.54 Å². The van der Waals surface area contributed by atoms with Crippen LogP contribution in [0.15, 0.2) is 79.3 Å². The summed E-state index contributed by atoms with van der Waals surface area (Å²) in [7, 11) is 0. The van der Waals surface area contributed by atoms with E-state index in [-0.39, 0.29) is 0 Å². The minimum Gasteiger partial charge on any atom is -0.399 e. The standard InChI is InChI=1S/C20H17N5/c21-19-5-1-3-17(11-19)20-14-25(24-23-20)13-15-6-8-16(9-7-15)18-4-2-10-22-12-18/h1-12,14H,13,21H2. The number of aromatic nitrogens is 4. The number of nitrogens with zero attached hydrogens (tertiary/aromatic N) is 4. The Kier molecular flexibility index (Phi) is 3.96. The van der Waals surface area contributed by atoms with Crippen LogP contribution in [0.1, 0.15) is 5.56 Å². The summed E-state index contributed by atoms with van der Waals surface area (Å²) < 4.78 is 1.83. The van der Waals surface area contributed by atoms with Crippen molar-refractivity contribution in [3.63, 3.8) is 0 Å². The van der Waals surface area contributed by atoms with Crippen molar-refractivity contribution in [3.05, 3.63) is 84.8 Å². The monoisotopic (exact) mass is 327 g/mol. The fourth-order valence-electron chi connectivity index (χ4n) is 2.73. The van der Waals surface area contributed by atoms with Gasteiger partial charge in [0.25, 0.3) is 0 Å². The molecule has 122 valence electrons. The molecule has 0 atom stereocenters. The van der Waals surface area contributed by atoms with Crippen molar-refractivity contribution in [2.75, 3.05) is 5.73 Å². The van der Waals surface area contributed by atoms with Gasteiger partial charge >= 0.3 is 0 Å². The number of benzene rings is 2. The maximum atomic E-state index is 5.83. The van der Waals surface area contributed by atoms with Gasteiger partial charge < -0.3 is 5.73 Å². The molecule has 2 aromatic heterocycles. The highest BCUT2D eigenvalue weighted by Gasteiger charge is 2.05. The van der Waals surface area contributed by atoms with Crippen LogP contribution in [0.4, 0.5) is 5.69 Å². The van der Waals surface area contributed by atoms with Crippen molar-refractivity contribution in [1.82, 2.24) is 20.0 Å². The van der Waals surface area contributed by atoms with Crippen molar-refractivity contribution >= 4 is 5.69 Å². The lowest BCUT2D eigenvalue weighted by Gasteiger charge is -2.04. The first-order chi connectivity index (χ1) is 12.3. The minimum absolute atomic E-state index is 0.669. The predicted octanol–water partition coefficient (Wildman–Crippen LogP) is 3.64. The van der Waals surface area contributed by atoms with Crippen molar-refractivity contribution in [2.45, 2.75) is 6.54 Å². The van der Waals surface area contributed by atoms with Gasteiger partial charge in [-0.2, -0.15) is 0 Å². The van der Waals surface area contributed by atoms with Gasteiger partial charge in [-0.1, -0.05) is 47.7 Å². The van der Waals surface area contributed by atoms with Crippen molar-refractivity contribution < 1.29 is 0 Å². The summed E-state index contributed by atoms with van der Waals surface area (Å²) in [6.45, 7) is 0.669. The number of rotatable bonds is 4. The highest BCUT2D eigenvalue weighted by molar-refractivity contribution is 5.63. The molecule has 5 nitrogen and oxygen atoms in total. The predicted molar refractivity (Wildman–Crippen MR) is 98.6 cm³/mol. The van der Waals surface area contributed by atoms with Gasteiger partial charge in [0.1, 0.15) is 5.69 Å². The van der Waals surface area contributed by atoms with Gasteiger partial charge in [0.15, 0.2) is 0 Å². The largest absolute Gasteiger partial charge is 0.399 e. The third-order valence-electron chi connectivity index (χ3n) is 4.01. The lowest BCUT2D eigenvalue weighted by molar-refractivity contribution is 0.650. The van der Waals surface area contributed by atoms with Crippen LogP contribution in [0.25, 0.3) is 22.4 Å². The van der Waals surface area contributed by atoms with Crippen LogP contribution in [0, 0.1) is 0 Å². The lowest BCUT2D eigenvalue weighted by atomic mass is 10.1. The van der Waals surface area contributed by atoms with E-state index in [9.17, 15) is 0 Å². The van der Waals surface area contributed by atoms with Gasteiger partial charge in [0.2, 0.25) is 0 Å². The highest BCUT2D eigenvalue weighted by atomic mass is 15.4. The summed E-state index contributed by atoms with van der Waals surface area (Å²) in [5.41, 5.74) is 11.8. The van der Waals surface area contributed by atoms with Crippen LogP contribution in [-0.2, 0) is 6.54 Å². The molecule has 0 bridgehead atoms. The van der Waals surface area contributed by atoms with Gasteiger partial charge in [-0.05, 0) is 34.9 Å². The van der Waals surface area contributed by atoms with Gasteiger partial charge in [-0.3, -0.25) is 4.98 Å². The summed E-state index contributed by atoms with van der Waals surface area (Å²) in [6, 6.07) is 20.1. The quantitative estimate of drug-likeness (QED) is 0.581. The Morgan fingerprint density at radius 3 is 2.48 bits per heavy atom. The first kappa shape index (κ1) is 15.1. The summed E-state index contributed by atoms with van der Waals surface area (Å²) in [6.07, 6.45) is 5.58. The average molecular weight is 327 g/mol. The Morgan fingerprint density at radius 2 is 1.72 bits per heavy atom. The molecular weight excluding hydrogens is 310 g/mol. The summed E-state index contributed by atoms with van der Waals surface area (Å²) in [5, 5.41) is 8.45. The fraction of sp³-hybridized carbons (Fsp3) is 0.0500. The van der Waals surface area contributed by atoms with Gasteiger partial charge in [0.05, 0.1) is 12.7 Å². The molecule has 2 heterocycles. The molecule has 0 spiro atoms. The molecule has 0 radical (unpaired) electrons. The number of pyridine rings is 1. The van der Waals surface area contributed by atoms with E-state index in [1.807, 2.05) is 47.4 Å². The van der Waals surface area contributed by atoms with E-state index in [4.69, 9.17) is 5.73 Å². The third kappa shape index (κ3) is 3.40. The van der Waals surface area contributed by atoms with Gasteiger partial charge in [-0.25, -0.2) is 4.68 Å². The molecule has 25 heavy (non-hydrogen) atoms. The topological polar surface area (TPSA) is 69.6 Å². The molecule has 2 N–H and O–H groups in total. The summed E-state index contributed by atoms with van der Waals surface area (Å²) >= 11 is 0. The van der Waals surface area contributed by atoms with Crippen molar-refractivity contribution in [3.8, 4) is 22.4 Å². The molecule has 0 unspecified atom stereocenters. The van der Waals surface area contributed by atoms with Crippen molar-refractivity contribution in [1.29, 1.82) is 0 Å². The second kappa shape index (κ2) is 6.57. The SMILES string of the molecule is Nc1cccc(-c2cn(Cc3ccc(-c4cccnc4)cc3)nn2)c1. The number of hydrogen-bond acceptors (Lipinski definition) is 4. The zero-order valence-electron chi connectivity index (χ0n) is 13.6. The van der Waals surface area contributed by atoms with Crippen LogP contribution in [0.3, 0.4) is 0 Å². The van der Waals surface area contributed by atoms with E-state index in [2.05, 4.69) is 45.6 Å². The normalized spacial score (nSPS) is 10.7. The molecular formula is C20H17N5. The zero-order chi connectivity index (χ0) is 17.1. The molecule has 0 aliphatic rings. The Labute approximate surface area is 145 Å². The highest BCUT2D eigenvalue weighted by Crippen LogP contribution is 2.20. The molecule has 0 saturated heterocycles. The second-order valence-corrected chi connectivity index (χ2v) is 5.87. The van der Waals surface area contributed by atoms with Crippen LogP contribution in [0.5, 0.6) is 0 Å². The Hall–Kier alpha value is -3.47. The Bertz CT molecular complexity index is 974. The summed E-state index contributed by atoms with van der Waals surface area (Å²) in [4.78, 5) is 4.16. The maximum absolute atomic E-state index is 5.83. The lowest BCUT2D eigenvalue weighted by Crippen LogP contribution is -2.00. The molecule has 0 amide bonds. The maximum Gasteiger partial charge on any atom is 0.113 e. The van der Waals surface area contributed by atoms with E-state index in [1.54, 1.807) is 6.20 Å². The smallest absolute Gasteiger partial charge is 0.113 e. The van der Waals surface area contributed by atoms with Crippen LogP contribution in [-0.4, -0.2) is 20.0 Å².